The lowest BCUT2D eigenvalue weighted by Crippen LogP contribution is -2.49. The van der Waals surface area contributed by atoms with Crippen LogP contribution in [0.25, 0.3) is 0 Å². The van der Waals surface area contributed by atoms with E-state index in [1.54, 1.807) is 0 Å². The summed E-state index contributed by atoms with van der Waals surface area (Å²) in [5.41, 5.74) is -1.30. The molecule has 0 unspecified atom stereocenters. The molecule has 0 bridgehead atoms. The fraction of sp³-hybridized carbons (Fsp3) is 0.500. The number of alkyl halides is 3. The molecule has 1 N–H and O–H groups in total. The molecule has 2 heterocycles. The minimum atomic E-state index is -4.60. The van der Waals surface area contributed by atoms with Gasteiger partial charge in [-0.05, 0) is 29.9 Å². The molecule has 0 radical (unpaired) electrons. The molecule has 1 aromatic carbocycles. The Hall–Kier alpha value is -2.89. The van der Waals surface area contributed by atoms with Gasteiger partial charge in [0.2, 0.25) is 5.13 Å². The molecule has 12 heteroatoms. The third-order valence-corrected chi connectivity index (χ3v) is 5.79. The Morgan fingerprint density at radius 2 is 1.84 bits per heavy atom. The van der Waals surface area contributed by atoms with Crippen molar-refractivity contribution < 1.29 is 27.5 Å². The van der Waals surface area contributed by atoms with E-state index in [9.17, 15) is 22.8 Å². The third-order valence-electron chi connectivity index (χ3n) is 4.93. The van der Waals surface area contributed by atoms with E-state index < -0.39 is 23.7 Å². The van der Waals surface area contributed by atoms with E-state index in [1.807, 2.05) is 4.90 Å². The number of hydrogen-bond donors (Lipinski definition) is 1. The van der Waals surface area contributed by atoms with Crippen LogP contribution in [0.3, 0.4) is 0 Å². The summed E-state index contributed by atoms with van der Waals surface area (Å²) in [6.45, 7) is 3.80. The van der Waals surface area contributed by atoms with Crippen molar-refractivity contribution in [2.75, 3.05) is 37.6 Å². The number of nitrogens with zero attached hydrogens (tertiary/aromatic N) is 4. The van der Waals surface area contributed by atoms with E-state index in [0.717, 1.165) is 36.7 Å². The maximum atomic E-state index is 13.2. The molecule has 0 atom stereocenters. The van der Waals surface area contributed by atoms with Gasteiger partial charge in [-0.3, -0.25) is 4.79 Å². The first-order chi connectivity index (χ1) is 15.3. The average molecular weight is 472 g/mol. The number of nitrogens with one attached hydrogen (secondary N) is 1. The Bertz CT molecular complexity index is 929. The summed E-state index contributed by atoms with van der Waals surface area (Å²) in [5.74, 6) is -0.654. The zero-order valence-corrected chi connectivity index (χ0v) is 18.3. The summed E-state index contributed by atoms with van der Waals surface area (Å²) >= 11 is 1.09. The molecule has 0 spiro atoms. The fourth-order valence-corrected chi connectivity index (χ4v) is 3.99. The Kier molecular flexibility index (Phi) is 7.89. The number of anilines is 1. The van der Waals surface area contributed by atoms with Crippen LogP contribution < -0.4 is 15.0 Å². The van der Waals surface area contributed by atoms with Crippen LogP contribution in [0.4, 0.5) is 23.1 Å². The first kappa shape index (κ1) is 23.8. The topological polar surface area (TPSA) is 87.7 Å². The molecule has 32 heavy (non-hydrogen) atoms. The Morgan fingerprint density at radius 1 is 1.12 bits per heavy atom. The molecule has 2 amide bonds. The van der Waals surface area contributed by atoms with Crippen LogP contribution in [0.15, 0.2) is 24.3 Å². The van der Waals surface area contributed by atoms with Crippen molar-refractivity contribution in [1.29, 1.82) is 0 Å². The van der Waals surface area contributed by atoms with Gasteiger partial charge in [0, 0.05) is 32.7 Å². The molecule has 1 saturated heterocycles. The number of carbonyl (C=O) groups is 2. The highest BCUT2D eigenvalue weighted by Gasteiger charge is 2.36. The highest BCUT2D eigenvalue weighted by molar-refractivity contribution is 7.17. The average Bonchev–Trinajstić information content (AvgIpc) is 3.24. The number of halogens is 3. The molecule has 8 nitrogen and oxygen atoms in total. The lowest BCUT2D eigenvalue weighted by atomic mass is 10.1. The van der Waals surface area contributed by atoms with Gasteiger partial charge in [-0.1, -0.05) is 37.0 Å². The second-order valence-corrected chi connectivity index (χ2v) is 8.12. The number of hydrogen-bond acceptors (Lipinski definition) is 7. The summed E-state index contributed by atoms with van der Waals surface area (Å²) in [7, 11) is 0. The quantitative estimate of drug-likeness (QED) is 0.618. The van der Waals surface area contributed by atoms with Gasteiger partial charge < -0.3 is 19.9 Å². The maximum Gasteiger partial charge on any atom is 0.417 e. The lowest BCUT2D eigenvalue weighted by molar-refractivity contribution is -0.138. The number of amides is 2. The largest absolute Gasteiger partial charge is 0.417 e. The zero-order chi connectivity index (χ0) is 23.1. The Labute approximate surface area is 187 Å². The van der Waals surface area contributed by atoms with Crippen molar-refractivity contribution in [2.45, 2.75) is 32.4 Å². The van der Waals surface area contributed by atoms with Gasteiger partial charge in [0.1, 0.15) is 0 Å². The molecule has 0 saturated carbocycles. The van der Waals surface area contributed by atoms with E-state index in [-0.39, 0.29) is 23.8 Å². The number of aromatic nitrogens is 2. The van der Waals surface area contributed by atoms with Crippen molar-refractivity contribution >= 4 is 28.5 Å². The van der Waals surface area contributed by atoms with Crippen LogP contribution in [0.5, 0.6) is 5.19 Å². The maximum absolute atomic E-state index is 13.2. The van der Waals surface area contributed by atoms with Gasteiger partial charge in [0.15, 0.2) is 0 Å². The summed E-state index contributed by atoms with van der Waals surface area (Å²) in [6.07, 6.45) is -2.27. The highest BCUT2D eigenvalue weighted by atomic mass is 32.1. The minimum absolute atomic E-state index is 0.102. The summed E-state index contributed by atoms with van der Waals surface area (Å²) in [6, 6.07) is 4.78. The van der Waals surface area contributed by atoms with Gasteiger partial charge >= 0.3 is 17.5 Å². The standard InChI is InChI=1S/C20H24F3N5O3S/c1-2-3-6-9-24-18(30)31-19-26-25-17(32-19)28-12-10-27(11-13-28)16(29)14-7-4-5-8-15(14)20(21,22)23/h4-5,7-8H,2-3,6,9-13H2,1H3,(H,24,30). The fourth-order valence-electron chi connectivity index (χ4n) is 3.24. The van der Waals surface area contributed by atoms with Crippen LogP contribution in [-0.2, 0) is 6.18 Å². The number of benzene rings is 1. The molecular weight excluding hydrogens is 447 g/mol. The molecule has 3 rings (SSSR count). The molecule has 1 aliphatic heterocycles. The lowest BCUT2D eigenvalue weighted by Gasteiger charge is -2.34. The Balaban J connectivity index is 1.53. The van der Waals surface area contributed by atoms with Gasteiger partial charge in [-0.25, -0.2) is 4.79 Å². The van der Waals surface area contributed by atoms with Crippen LogP contribution in [0.2, 0.25) is 0 Å². The van der Waals surface area contributed by atoms with Crippen LogP contribution >= 0.6 is 11.3 Å². The zero-order valence-electron chi connectivity index (χ0n) is 17.5. The third kappa shape index (κ3) is 6.09. The number of rotatable bonds is 7. The van der Waals surface area contributed by atoms with Crippen LogP contribution in [0.1, 0.15) is 42.1 Å². The molecule has 1 fully saturated rings. The van der Waals surface area contributed by atoms with Crippen LogP contribution in [-0.4, -0.2) is 59.8 Å². The van der Waals surface area contributed by atoms with Crippen molar-refractivity contribution in [3.8, 4) is 5.19 Å². The number of ether oxygens (including phenoxy) is 1. The number of unbranched alkanes of at least 4 members (excludes halogenated alkanes) is 2. The van der Waals surface area contributed by atoms with E-state index in [2.05, 4.69) is 22.4 Å². The summed E-state index contributed by atoms with van der Waals surface area (Å²) in [5, 5.41) is 11.1. The highest BCUT2D eigenvalue weighted by Crippen LogP contribution is 2.33. The Morgan fingerprint density at radius 3 is 2.53 bits per heavy atom. The second-order valence-electron chi connectivity index (χ2n) is 7.20. The molecular formula is C20H24F3N5O3S. The van der Waals surface area contributed by atoms with Gasteiger partial charge in [-0.2, -0.15) is 13.2 Å². The van der Waals surface area contributed by atoms with Crippen molar-refractivity contribution in [2.24, 2.45) is 0 Å². The first-order valence-corrected chi connectivity index (χ1v) is 11.1. The van der Waals surface area contributed by atoms with E-state index in [1.165, 1.54) is 23.1 Å². The van der Waals surface area contributed by atoms with Crippen molar-refractivity contribution in [1.82, 2.24) is 20.4 Å². The van der Waals surface area contributed by atoms with Gasteiger partial charge in [-0.15, -0.1) is 5.10 Å². The molecule has 1 aromatic heterocycles. The number of carbonyl (C=O) groups excluding carboxylic acids is 2. The first-order valence-electron chi connectivity index (χ1n) is 10.3. The monoisotopic (exact) mass is 471 g/mol. The minimum Gasteiger partial charge on any atom is -0.380 e. The summed E-state index contributed by atoms with van der Waals surface area (Å²) < 4.78 is 44.8. The number of piperazine rings is 1. The smallest absolute Gasteiger partial charge is 0.380 e. The van der Waals surface area contributed by atoms with Crippen molar-refractivity contribution in [3.05, 3.63) is 35.4 Å². The predicted octanol–water partition coefficient (Wildman–Crippen LogP) is 3.80. The molecule has 0 aliphatic carbocycles. The molecule has 1 aliphatic rings. The van der Waals surface area contributed by atoms with E-state index >= 15 is 0 Å². The SMILES string of the molecule is CCCCCNC(=O)Oc1nnc(N2CCN(C(=O)c3ccccc3C(F)(F)F)CC2)s1. The van der Waals surface area contributed by atoms with Gasteiger partial charge in [0.25, 0.3) is 5.91 Å². The van der Waals surface area contributed by atoms with Gasteiger partial charge in [0.05, 0.1) is 11.1 Å². The van der Waals surface area contributed by atoms with E-state index in [0.29, 0.717) is 24.8 Å². The normalized spacial score (nSPS) is 14.4. The van der Waals surface area contributed by atoms with Crippen molar-refractivity contribution in [3.63, 3.8) is 0 Å². The molecule has 2 aromatic rings. The summed E-state index contributed by atoms with van der Waals surface area (Å²) in [4.78, 5) is 27.7. The van der Waals surface area contributed by atoms with Crippen LogP contribution in [0, 0.1) is 0 Å². The molecule has 174 valence electrons. The predicted molar refractivity (Wildman–Crippen MR) is 113 cm³/mol. The second kappa shape index (κ2) is 10.6. The van der Waals surface area contributed by atoms with E-state index in [4.69, 9.17) is 4.74 Å².